The molecule has 0 aliphatic carbocycles. The smallest absolute Gasteiger partial charge is 0.239 e. The summed E-state index contributed by atoms with van der Waals surface area (Å²) < 4.78 is 6.22. The van der Waals surface area contributed by atoms with Gasteiger partial charge in [-0.25, -0.2) is 0 Å². The van der Waals surface area contributed by atoms with Gasteiger partial charge in [-0.1, -0.05) is 11.6 Å². The Morgan fingerprint density at radius 1 is 1.62 bits per heavy atom. The van der Waals surface area contributed by atoms with E-state index in [1.165, 1.54) is 11.3 Å². The lowest BCUT2D eigenvalue weighted by Crippen LogP contribution is -2.56. The van der Waals surface area contributed by atoms with Gasteiger partial charge in [-0.2, -0.15) is 0 Å². The molecule has 7 heteroatoms. The van der Waals surface area contributed by atoms with Crippen LogP contribution in [-0.4, -0.2) is 49.2 Å². The van der Waals surface area contributed by atoms with Crippen LogP contribution in [0.3, 0.4) is 0 Å². The molecule has 0 aromatic carbocycles. The predicted molar refractivity (Wildman–Crippen MR) is 85.7 cm³/mol. The summed E-state index contributed by atoms with van der Waals surface area (Å²) in [5.41, 5.74) is 5.96. The van der Waals surface area contributed by atoms with E-state index in [4.69, 9.17) is 22.1 Å². The van der Waals surface area contributed by atoms with Gasteiger partial charge in [-0.3, -0.25) is 9.69 Å². The van der Waals surface area contributed by atoms with Crippen molar-refractivity contribution < 1.29 is 9.53 Å². The molecule has 21 heavy (non-hydrogen) atoms. The van der Waals surface area contributed by atoms with Crippen molar-refractivity contribution in [3.8, 4) is 0 Å². The Labute approximate surface area is 134 Å². The Balaban J connectivity index is 2.18. The van der Waals surface area contributed by atoms with Gasteiger partial charge in [0.05, 0.1) is 23.6 Å². The van der Waals surface area contributed by atoms with Gasteiger partial charge in [0.2, 0.25) is 5.91 Å². The van der Waals surface area contributed by atoms with Crippen LogP contribution in [-0.2, 0) is 9.53 Å². The zero-order valence-corrected chi connectivity index (χ0v) is 13.9. The molecule has 0 bridgehead atoms. The van der Waals surface area contributed by atoms with Crippen LogP contribution in [0.5, 0.6) is 0 Å². The van der Waals surface area contributed by atoms with E-state index >= 15 is 0 Å². The minimum absolute atomic E-state index is 0.00527. The average molecular weight is 332 g/mol. The highest BCUT2D eigenvalue weighted by Gasteiger charge is 2.35. The predicted octanol–water partition coefficient (Wildman–Crippen LogP) is 1.63. The quantitative estimate of drug-likeness (QED) is 0.860. The fourth-order valence-electron chi connectivity index (χ4n) is 2.52. The molecule has 5 nitrogen and oxygen atoms in total. The van der Waals surface area contributed by atoms with Gasteiger partial charge in [0.25, 0.3) is 0 Å². The molecule has 0 spiro atoms. The van der Waals surface area contributed by atoms with Crippen molar-refractivity contribution in [1.29, 1.82) is 0 Å². The Morgan fingerprint density at radius 2 is 2.38 bits per heavy atom. The summed E-state index contributed by atoms with van der Waals surface area (Å²) in [6.07, 6.45) is 0. The molecule has 1 saturated heterocycles. The van der Waals surface area contributed by atoms with Crippen LogP contribution < -0.4 is 11.1 Å². The first-order chi connectivity index (χ1) is 10.0. The highest BCUT2D eigenvalue weighted by molar-refractivity contribution is 7.16. The second-order valence-corrected chi connectivity index (χ2v) is 7.13. The zero-order chi connectivity index (χ0) is 15.4. The molecule has 1 aromatic rings. The van der Waals surface area contributed by atoms with E-state index in [-0.39, 0.29) is 24.0 Å². The third kappa shape index (κ3) is 4.17. The number of nitrogens with zero attached hydrogens (tertiary/aromatic N) is 1. The van der Waals surface area contributed by atoms with E-state index in [1.54, 1.807) is 0 Å². The standard InChI is InChI=1S/C14H22ClN3O2S/c1-9(2)17-14(19)11-8-20-6-5-18(11)10(7-16)12-3-4-13(15)21-12/h3-4,9-11H,5-8,16H2,1-2H3,(H,17,19). The Morgan fingerprint density at radius 3 is 2.95 bits per heavy atom. The van der Waals surface area contributed by atoms with Gasteiger partial charge in [-0.15, -0.1) is 11.3 Å². The number of ether oxygens (including phenoxy) is 1. The van der Waals surface area contributed by atoms with E-state index in [2.05, 4.69) is 10.2 Å². The zero-order valence-electron chi connectivity index (χ0n) is 12.3. The number of morpholine rings is 1. The number of halogens is 1. The second kappa shape index (κ2) is 7.56. The van der Waals surface area contributed by atoms with E-state index < -0.39 is 0 Å². The molecule has 1 fully saturated rings. The van der Waals surface area contributed by atoms with Crippen molar-refractivity contribution in [1.82, 2.24) is 10.2 Å². The molecule has 2 unspecified atom stereocenters. The molecule has 2 rings (SSSR count). The number of thiophene rings is 1. The maximum absolute atomic E-state index is 12.4. The van der Waals surface area contributed by atoms with Crippen LogP contribution in [0.1, 0.15) is 24.8 Å². The van der Waals surface area contributed by atoms with Crippen LogP contribution in [0.4, 0.5) is 0 Å². The molecular formula is C14H22ClN3O2S. The topological polar surface area (TPSA) is 67.6 Å². The second-order valence-electron chi connectivity index (χ2n) is 5.39. The maximum Gasteiger partial charge on any atom is 0.239 e. The number of carbonyl (C=O) groups excluding carboxylic acids is 1. The van der Waals surface area contributed by atoms with Gasteiger partial charge in [-0.05, 0) is 26.0 Å². The Bertz CT molecular complexity index is 481. The third-order valence-electron chi connectivity index (χ3n) is 3.45. The van der Waals surface area contributed by atoms with Crippen LogP contribution in [0, 0.1) is 0 Å². The monoisotopic (exact) mass is 331 g/mol. The van der Waals surface area contributed by atoms with E-state index in [1.807, 2.05) is 26.0 Å². The Hall–Kier alpha value is -0.660. The van der Waals surface area contributed by atoms with Crippen LogP contribution in [0.2, 0.25) is 4.34 Å². The molecular weight excluding hydrogens is 310 g/mol. The minimum atomic E-state index is -0.310. The Kier molecular flexibility index (Phi) is 6.01. The third-order valence-corrected chi connectivity index (χ3v) is 4.78. The highest BCUT2D eigenvalue weighted by atomic mass is 35.5. The maximum atomic E-state index is 12.4. The summed E-state index contributed by atoms with van der Waals surface area (Å²) in [7, 11) is 0. The van der Waals surface area contributed by atoms with Crippen LogP contribution >= 0.6 is 22.9 Å². The largest absolute Gasteiger partial charge is 0.378 e. The van der Waals surface area contributed by atoms with Crippen LogP contribution in [0.25, 0.3) is 0 Å². The van der Waals surface area contributed by atoms with Gasteiger partial charge in [0.15, 0.2) is 0 Å². The molecule has 1 amide bonds. The van der Waals surface area contributed by atoms with Crippen LogP contribution in [0.15, 0.2) is 12.1 Å². The lowest BCUT2D eigenvalue weighted by molar-refractivity contribution is -0.135. The summed E-state index contributed by atoms with van der Waals surface area (Å²) in [4.78, 5) is 15.6. The summed E-state index contributed by atoms with van der Waals surface area (Å²) in [6, 6.07) is 3.64. The highest BCUT2D eigenvalue weighted by Crippen LogP contribution is 2.31. The van der Waals surface area contributed by atoms with Crippen molar-refractivity contribution in [3.63, 3.8) is 0 Å². The van der Waals surface area contributed by atoms with Gasteiger partial charge < -0.3 is 15.8 Å². The van der Waals surface area contributed by atoms with Crippen molar-refractivity contribution >= 4 is 28.8 Å². The molecule has 2 heterocycles. The minimum Gasteiger partial charge on any atom is -0.378 e. The molecule has 0 saturated carbocycles. The van der Waals surface area contributed by atoms with Crippen molar-refractivity contribution in [2.75, 3.05) is 26.3 Å². The normalized spacial score (nSPS) is 21.5. The first-order valence-corrected chi connectivity index (χ1v) is 8.31. The molecule has 0 radical (unpaired) electrons. The molecule has 1 aromatic heterocycles. The van der Waals surface area contributed by atoms with Gasteiger partial charge in [0, 0.05) is 24.0 Å². The molecule has 118 valence electrons. The summed E-state index contributed by atoms with van der Waals surface area (Å²) in [5.74, 6) is -0.00852. The lowest BCUT2D eigenvalue weighted by Gasteiger charge is -2.39. The van der Waals surface area contributed by atoms with Gasteiger partial charge in [0.1, 0.15) is 6.04 Å². The lowest BCUT2D eigenvalue weighted by atomic mass is 10.1. The average Bonchev–Trinajstić information content (AvgIpc) is 2.86. The van der Waals surface area contributed by atoms with Crippen molar-refractivity contribution in [2.45, 2.75) is 32.0 Å². The molecule has 1 aliphatic heterocycles. The first kappa shape index (κ1) is 16.7. The summed E-state index contributed by atoms with van der Waals surface area (Å²) in [6.45, 7) is 6.04. The number of rotatable bonds is 5. The van der Waals surface area contributed by atoms with Crippen molar-refractivity contribution in [2.24, 2.45) is 5.73 Å². The number of amides is 1. The molecule has 1 aliphatic rings. The molecule has 2 atom stereocenters. The van der Waals surface area contributed by atoms with Crippen molar-refractivity contribution in [3.05, 3.63) is 21.3 Å². The number of carbonyl (C=O) groups is 1. The number of hydrogen-bond acceptors (Lipinski definition) is 5. The van der Waals surface area contributed by atoms with E-state index in [9.17, 15) is 4.79 Å². The summed E-state index contributed by atoms with van der Waals surface area (Å²) >= 11 is 7.54. The first-order valence-electron chi connectivity index (χ1n) is 7.12. The van der Waals surface area contributed by atoms with E-state index in [0.717, 1.165) is 9.21 Å². The number of nitrogens with two attached hydrogens (primary N) is 1. The van der Waals surface area contributed by atoms with E-state index in [0.29, 0.717) is 26.3 Å². The fraction of sp³-hybridized carbons (Fsp3) is 0.643. The fourth-order valence-corrected chi connectivity index (χ4v) is 3.71. The number of nitrogens with one attached hydrogen (secondary N) is 1. The summed E-state index contributed by atoms with van der Waals surface area (Å²) in [5, 5.41) is 2.95. The SMILES string of the molecule is CC(C)NC(=O)C1COCCN1C(CN)c1ccc(Cl)s1. The van der Waals surface area contributed by atoms with Gasteiger partial charge >= 0.3 is 0 Å². The molecule has 3 N–H and O–H groups in total. The number of hydrogen-bond donors (Lipinski definition) is 2.